The molecule has 0 aromatic heterocycles. The smallest absolute Gasteiger partial charge is 0.307 e. The highest BCUT2D eigenvalue weighted by Crippen LogP contribution is 2.09. The van der Waals surface area contributed by atoms with Crippen molar-refractivity contribution in [3.05, 3.63) is 59.7 Å². The highest BCUT2D eigenvalue weighted by Gasteiger charge is 2.08. The first kappa shape index (κ1) is 14.3. The van der Waals surface area contributed by atoms with Crippen LogP contribution in [0.5, 0.6) is 0 Å². The Morgan fingerprint density at radius 2 is 1.40 bits per heavy atom. The van der Waals surface area contributed by atoms with Gasteiger partial charge in [-0.2, -0.15) is 0 Å². The zero-order chi connectivity index (χ0) is 14.5. The van der Waals surface area contributed by atoms with E-state index in [9.17, 15) is 9.00 Å². The van der Waals surface area contributed by atoms with E-state index < -0.39 is 17.0 Å². The molecule has 104 valence electrons. The van der Waals surface area contributed by atoms with E-state index in [1.165, 1.54) is 0 Å². The summed E-state index contributed by atoms with van der Waals surface area (Å²) in [5.41, 5.74) is 2.85. The second-order valence-corrected chi connectivity index (χ2v) is 5.72. The van der Waals surface area contributed by atoms with Gasteiger partial charge in [-0.25, -0.2) is 9.00 Å². The Hall–Kier alpha value is -2.14. The average molecular weight is 288 g/mol. The van der Waals surface area contributed by atoms with Gasteiger partial charge in [0.1, 0.15) is 0 Å². The molecule has 0 saturated carbocycles. The normalized spacial score (nSPS) is 11.7. The molecule has 2 N–H and O–H groups in total. The summed E-state index contributed by atoms with van der Waals surface area (Å²) in [6.07, 6.45) is 0. The second kappa shape index (κ2) is 6.34. The van der Waals surface area contributed by atoms with Crippen molar-refractivity contribution >= 4 is 22.7 Å². The van der Waals surface area contributed by atoms with Crippen LogP contribution in [0, 0.1) is 13.8 Å². The molecule has 0 aliphatic carbocycles. The van der Waals surface area contributed by atoms with Crippen LogP contribution in [-0.2, 0) is 11.0 Å². The number of carbonyl (C=O) groups is 1. The first-order valence-electron chi connectivity index (χ1n) is 6.17. The van der Waals surface area contributed by atoms with Gasteiger partial charge in [0.05, 0.1) is 4.90 Å². The van der Waals surface area contributed by atoms with Crippen LogP contribution in [0.15, 0.2) is 53.4 Å². The van der Waals surface area contributed by atoms with Gasteiger partial charge >= 0.3 is 6.03 Å². The Morgan fingerprint density at radius 3 is 1.95 bits per heavy atom. The Kier molecular flexibility index (Phi) is 4.53. The Balaban J connectivity index is 1.95. The molecule has 1 atom stereocenters. The standard InChI is InChI=1S/C15H16N2O2S/c1-11-3-7-13(8-4-11)16-15(18)17-20(19)14-9-5-12(2)6-10-14/h3-10H,1-2H3,(H2,16,17,18)/t20-/m1/s1. The van der Waals surface area contributed by atoms with Crippen molar-refractivity contribution in [3.63, 3.8) is 0 Å². The number of benzene rings is 2. The molecule has 0 radical (unpaired) electrons. The number of rotatable bonds is 3. The van der Waals surface area contributed by atoms with E-state index in [1.54, 1.807) is 24.3 Å². The lowest BCUT2D eigenvalue weighted by Gasteiger charge is -2.07. The van der Waals surface area contributed by atoms with Crippen LogP contribution in [0.25, 0.3) is 0 Å². The summed E-state index contributed by atoms with van der Waals surface area (Å²) in [4.78, 5) is 12.3. The maximum Gasteiger partial charge on any atom is 0.331 e. The largest absolute Gasteiger partial charge is 0.331 e. The first-order valence-corrected chi connectivity index (χ1v) is 7.32. The summed E-state index contributed by atoms with van der Waals surface area (Å²) in [6.45, 7) is 3.92. The van der Waals surface area contributed by atoms with Gasteiger partial charge in [-0.1, -0.05) is 35.4 Å². The third kappa shape index (κ3) is 3.93. The number of aryl methyl sites for hydroxylation is 2. The molecule has 0 aliphatic rings. The van der Waals surface area contributed by atoms with Crippen LogP contribution in [0.4, 0.5) is 10.5 Å². The van der Waals surface area contributed by atoms with Gasteiger partial charge in [-0.15, -0.1) is 0 Å². The fourth-order valence-corrected chi connectivity index (χ4v) is 2.32. The molecule has 0 heterocycles. The van der Waals surface area contributed by atoms with Gasteiger partial charge in [0.25, 0.3) is 0 Å². The topological polar surface area (TPSA) is 58.2 Å². The number of hydrogen-bond donors (Lipinski definition) is 2. The molecule has 0 spiro atoms. The van der Waals surface area contributed by atoms with Crippen molar-refractivity contribution < 1.29 is 9.00 Å². The van der Waals surface area contributed by atoms with E-state index in [2.05, 4.69) is 10.0 Å². The predicted molar refractivity (Wildman–Crippen MR) is 80.9 cm³/mol. The lowest BCUT2D eigenvalue weighted by molar-refractivity contribution is 0.257. The molecule has 0 bridgehead atoms. The van der Waals surface area contributed by atoms with Crippen LogP contribution >= 0.6 is 0 Å². The van der Waals surface area contributed by atoms with Gasteiger partial charge in [-0.05, 0) is 38.1 Å². The van der Waals surface area contributed by atoms with Gasteiger partial charge in [0.15, 0.2) is 11.0 Å². The van der Waals surface area contributed by atoms with Crippen molar-refractivity contribution in [2.75, 3.05) is 5.32 Å². The highest BCUT2D eigenvalue weighted by molar-refractivity contribution is 7.83. The molecule has 2 aromatic rings. The number of amides is 2. The van der Waals surface area contributed by atoms with Gasteiger partial charge < -0.3 is 5.32 Å². The summed E-state index contributed by atoms with van der Waals surface area (Å²) < 4.78 is 14.4. The van der Waals surface area contributed by atoms with E-state index in [1.807, 2.05) is 38.1 Å². The van der Waals surface area contributed by atoms with E-state index in [0.29, 0.717) is 10.6 Å². The second-order valence-electron chi connectivity index (χ2n) is 4.50. The molecule has 0 aliphatic heterocycles. The fraction of sp³-hybridized carbons (Fsp3) is 0.133. The first-order chi connectivity index (χ1) is 9.54. The number of hydrogen-bond acceptors (Lipinski definition) is 2. The Labute approximate surface area is 120 Å². The zero-order valence-corrected chi connectivity index (χ0v) is 12.2. The molecule has 2 amide bonds. The molecule has 20 heavy (non-hydrogen) atoms. The van der Waals surface area contributed by atoms with Crippen molar-refractivity contribution in [1.29, 1.82) is 0 Å². The molecule has 0 saturated heterocycles. The lowest BCUT2D eigenvalue weighted by atomic mass is 10.2. The summed E-state index contributed by atoms with van der Waals surface area (Å²) >= 11 is 0. The number of urea groups is 1. The maximum atomic E-state index is 11.9. The monoisotopic (exact) mass is 288 g/mol. The highest BCUT2D eigenvalue weighted by atomic mass is 32.2. The summed E-state index contributed by atoms with van der Waals surface area (Å²) in [5, 5.41) is 2.64. The van der Waals surface area contributed by atoms with E-state index in [4.69, 9.17) is 0 Å². The van der Waals surface area contributed by atoms with Crippen molar-refractivity contribution in [2.24, 2.45) is 0 Å². The molecule has 2 rings (SSSR count). The lowest BCUT2D eigenvalue weighted by Crippen LogP contribution is -2.30. The van der Waals surface area contributed by atoms with Gasteiger partial charge in [0.2, 0.25) is 0 Å². The van der Waals surface area contributed by atoms with Gasteiger partial charge in [-0.3, -0.25) is 4.72 Å². The minimum atomic E-state index is -1.56. The predicted octanol–water partition coefficient (Wildman–Crippen LogP) is 3.15. The Bertz CT molecular complexity index is 621. The van der Waals surface area contributed by atoms with Crippen LogP contribution in [0.1, 0.15) is 11.1 Å². The molecular formula is C15H16N2O2S. The average Bonchev–Trinajstić information content (AvgIpc) is 2.42. The third-order valence-corrected chi connectivity index (χ3v) is 3.80. The summed E-state index contributed by atoms with van der Waals surface area (Å²) in [6, 6.07) is 14.1. The van der Waals surface area contributed by atoms with E-state index in [-0.39, 0.29) is 0 Å². The number of anilines is 1. The number of carbonyl (C=O) groups excluding carboxylic acids is 1. The maximum absolute atomic E-state index is 11.9. The minimum absolute atomic E-state index is 0.493. The molecule has 5 heteroatoms. The van der Waals surface area contributed by atoms with Crippen LogP contribution in [0.3, 0.4) is 0 Å². The molecule has 2 aromatic carbocycles. The van der Waals surface area contributed by atoms with Crippen molar-refractivity contribution in [3.8, 4) is 0 Å². The van der Waals surface area contributed by atoms with Crippen molar-refractivity contribution in [2.45, 2.75) is 18.7 Å². The van der Waals surface area contributed by atoms with E-state index in [0.717, 1.165) is 11.1 Å². The fourth-order valence-electron chi connectivity index (χ4n) is 1.60. The Morgan fingerprint density at radius 1 is 0.900 bits per heavy atom. The molecule has 4 nitrogen and oxygen atoms in total. The van der Waals surface area contributed by atoms with Crippen molar-refractivity contribution in [1.82, 2.24) is 4.72 Å². The molecule has 0 fully saturated rings. The minimum Gasteiger partial charge on any atom is -0.307 e. The number of nitrogens with one attached hydrogen (secondary N) is 2. The van der Waals surface area contributed by atoms with E-state index >= 15 is 0 Å². The SMILES string of the molecule is Cc1ccc(NC(=O)N[S@](=O)c2ccc(C)cc2)cc1. The quantitative estimate of drug-likeness (QED) is 0.911. The third-order valence-electron chi connectivity index (χ3n) is 2.73. The molecule has 0 unspecified atom stereocenters. The van der Waals surface area contributed by atoms with Crippen LogP contribution < -0.4 is 10.0 Å². The summed E-state index contributed by atoms with van der Waals surface area (Å²) in [5.74, 6) is 0. The van der Waals surface area contributed by atoms with Crippen LogP contribution in [0.2, 0.25) is 0 Å². The zero-order valence-electron chi connectivity index (χ0n) is 11.3. The van der Waals surface area contributed by atoms with Gasteiger partial charge in [0, 0.05) is 5.69 Å². The van der Waals surface area contributed by atoms with Crippen LogP contribution in [-0.4, -0.2) is 10.2 Å². The molecular weight excluding hydrogens is 272 g/mol. The summed E-state index contributed by atoms with van der Waals surface area (Å²) in [7, 11) is -1.56.